The van der Waals surface area contributed by atoms with E-state index in [-0.39, 0.29) is 0 Å². The Balaban J connectivity index is 1.92. The van der Waals surface area contributed by atoms with Gasteiger partial charge in [0.2, 0.25) is 0 Å². The summed E-state index contributed by atoms with van der Waals surface area (Å²) in [5.41, 5.74) is 0. The van der Waals surface area contributed by atoms with Crippen LogP contribution in [-0.4, -0.2) is 6.04 Å². The second-order valence-corrected chi connectivity index (χ2v) is 6.29. The van der Waals surface area contributed by atoms with Gasteiger partial charge in [-0.2, -0.15) is 0 Å². The van der Waals surface area contributed by atoms with Gasteiger partial charge >= 0.3 is 0 Å². The molecule has 3 heteroatoms. The molecule has 1 N–H and O–H groups in total. The normalized spacial score (nSPS) is 27.4. The Kier molecular flexibility index (Phi) is 3.70. The van der Waals surface area contributed by atoms with Crippen molar-refractivity contribution in [1.29, 1.82) is 0 Å². The minimum Gasteiger partial charge on any atom is -0.306 e. The molecule has 1 aliphatic rings. The average molecular weight is 244 g/mol. The van der Waals surface area contributed by atoms with Crippen LogP contribution in [0.25, 0.3) is 0 Å². The number of halogens is 1. The summed E-state index contributed by atoms with van der Waals surface area (Å²) in [5.74, 6) is 0.909. The minimum atomic E-state index is 0.500. The lowest BCUT2D eigenvalue weighted by molar-refractivity contribution is 0.221. The average Bonchev–Trinajstić information content (AvgIpc) is 2.57. The summed E-state index contributed by atoms with van der Waals surface area (Å²) >= 11 is 7.66. The molecule has 1 heterocycles. The van der Waals surface area contributed by atoms with Crippen molar-refractivity contribution in [2.75, 3.05) is 0 Å². The summed E-state index contributed by atoms with van der Waals surface area (Å²) in [6, 6.07) is 5.37. The fourth-order valence-electron chi connectivity index (χ4n) is 2.24. The lowest BCUT2D eigenvalue weighted by Gasteiger charge is -2.36. The highest BCUT2D eigenvalue weighted by Gasteiger charge is 2.27. The molecule has 1 aromatic rings. The van der Waals surface area contributed by atoms with E-state index >= 15 is 0 Å². The Bertz CT molecular complexity index is 317. The van der Waals surface area contributed by atoms with Crippen molar-refractivity contribution in [2.45, 2.75) is 45.2 Å². The zero-order chi connectivity index (χ0) is 10.8. The minimum absolute atomic E-state index is 0.500. The van der Waals surface area contributed by atoms with Crippen LogP contribution in [0.5, 0.6) is 0 Å². The second kappa shape index (κ2) is 4.86. The summed E-state index contributed by atoms with van der Waals surface area (Å²) in [4.78, 5) is 1.38. The predicted octanol–water partition coefficient (Wildman–Crippen LogP) is 4.24. The van der Waals surface area contributed by atoms with Gasteiger partial charge in [-0.25, -0.2) is 0 Å². The van der Waals surface area contributed by atoms with Crippen molar-refractivity contribution < 1.29 is 0 Å². The van der Waals surface area contributed by atoms with Gasteiger partial charge in [0.25, 0.3) is 0 Å². The molecule has 2 rings (SSSR count). The van der Waals surface area contributed by atoms with Gasteiger partial charge < -0.3 is 5.32 Å². The fraction of sp³-hybridized carbons (Fsp3) is 0.667. The zero-order valence-electron chi connectivity index (χ0n) is 9.29. The van der Waals surface area contributed by atoms with Gasteiger partial charge in [-0.3, -0.25) is 0 Å². The maximum absolute atomic E-state index is 5.96. The molecule has 1 aromatic heterocycles. The number of nitrogens with one attached hydrogen (secondary N) is 1. The topological polar surface area (TPSA) is 12.0 Å². The number of hydrogen-bond donors (Lipinski definition) is 1. The van der Waals surface area contributed by atoms with Crippen molar-refractivity contribution in [1.82, 2.24) is 5.32 Å². The Labute approximate surface area is 101 Å². The van der Waals surface area contributed by atoms with E-state index in [4.69, 9.17) is 11.6 Å². The molecule has 1 aliphatic carbocycles. The maximum Gasteiger partial charge on any atom is 0.0931 e. The van der Waals surface area contributed by atoms with Crippen LogP contribution in [0.1, 0.15) is 44.0 Å². The standard InChI is InChI=1S/C12H18ClNS/c1-3-10(11-4-5-12(13)15-11)14-9-6-8(2)7-9/h4-5,8-10,14H,3,6-7H2,1-2H3. The summed E-state index contributed by atoms with van der Waals surface area (Å²) in [7, 11) is 0. The smallest absolute Gasteiger partial charge is 0.0931 e. The SMILES string of the molecule is CCC(NC1CC(C)C1)c1ccc(Cl)s1. The first-order valence-electron chi connectivity index (χ1n) is 5.70. The van der Waals surface area contributed by atoms with Gasteiger partial charge in [-0.1, -0.05) is 25.4 Å². The summed E-state index contributed by atoms with van der Waals surface area (Å²) in [6.45, 7) is 4.55. The molecule has 1 atom stereocenters. The van der Waals surface area contributed by atoms with Crippen molar-refractivity contribution in [3.8, 4) is 0 Å². The summed E-state index contributed by atoms with van der Waals surface area (Å²) < 4.78 is 0.896. The highest BCUT2D eigenvalue weighted by molar-refractivity contribution is 7.16. The predicted molar refractivity (Wildman–Crippen MR) is 67.7 cm³/mol. The third kappa shape index (κ3) is 2.74. The monoisotopic (exact) mass is 243 g/mol. The molecule has 0 aliphatic heterocycles. The molecule has 1 saturated carbocycles. The van der Waals surface area contributed by atoms with Gasteiger partial charge in [-0.15, -0.1) is 11.3 Å². The highest BCUT2D eigenvalue weighted by atomic mass is 35.5. The molecule has 1 nitrogen and oxygen atoms in total. The van der Waals surface area contributed by atoms with E-state index in [2.05, 4.69) is 25.2 Å². The Morgan fingerprint density at radius 2 is 2.27 bits per heavy atom. The third-order valence-corrected chi connectivity index (χ3v) is 4.50. The van der Waals surface area contributed by atoms with Crippen molar-refractivity contribution >= 4 is 22.9 Å². The highest BCUT2D eigenvalue weighted by Crippen LogP contribution is 2.33. The number of thiophene rings is 1. The lowest BCUT2D eigenvalue weighted by Crippen LogP contribution is -2.41. The van der Waals surface area contributed by atoms with E-state index in [0.717, 1.165) is 22.7 Å². The third-order valence-electron chi connectivity index (χ3n) is 3.16. The second-order valence-electron chi connectivity index (χ2n) is 4.54. The first-order chi connectivity index (χ1) is 7.19. The summed E-state index contributed by atoms with van der Waals surface area (Å²) in [6.07, 6.45) is 3.80. The first-order valence-corrected chi connectivity index (χ1v) is 6.89. The molecule has 0 amide bonds. The van der Waals surface area contributed by atoms with Crippen LogP contribution in [0.3, 0.4) is 0 Å². The van der Waals surface area contributed by atoms with Crippen LogP contribution in [-0.2, 0) is 0 Å². The lowest BCUT2D eigenvalue weighted by atomic mass is 9.81. The van der Waals surface area contributed by atoms with E-state index < -0.39 is 0 Å². The molecule has 84 valence electrons. The van der Waals surface area contributed by atoms with E-state index in [0.29, 0.717) is 6.04 Å². The van der Waals surface area contributed by atoms with E-state index in [1.807, 2.05) is 6.07 Å². The van der Waals surface area contributed by atoms with Crippen LogP contribution in [0.4, 0.5) is 0 Å². The molecule has 0 spiro atoms. The van der Waals surface area contributed by atoms with Crippen molar-refractivity contribution in [3.05, 3.63) is 21.3 Å². The molecule has 0 bridgehead atoms. The molecule has 1 fully saturated rings. The number of rotatable bonds is 4. The van der Waals surface area contributed by atoms with Crippen LogP contribution in [0.2, 0.25) is 4.34 Å². The van der Waals surface area contributed by atoms with Crippen molar-refractivity contribution in [2.24, 2.45) is 5.92 Å². The van der Waals surface area contributed by atoms with Gasteiger partial charge in [0.05, 0.1) is 4.34 Å². The largest absolute Gasteiger partial charge is 0.306 e. The molecule has 0 saturated heterocycles. The Morgan fingerprint density at radius 3 is 2.73 bits per heavy atom. The molecule has 1 unspecified atom stereocenters. The Morgan fingerprint density at radius 1 is 1.53 bits per heavy atom. The molecule has 0 radical (unpaired) electrons. The van der Waals surface area contributed by atoms with Crippen molar-refractivity contribution in [3.63, 3.8) is 0 Å². The zero-order valence-corrected chi connectivity index (χ0v) is 10.9. The molecule has 15 heavy (non-hydrogen) atoms. The van der Waals surface area contributed by atoms with Crippen LogP contribution < -0.4 is 5.32 Å². The van der Waals surface area contributed by atoms with E-state index in [1.54, 1.807) is 11.3 Å². The fourth-order valence-corrected chi connectivity index (χ4v) is 3.44. The number of hydrogen-bond acceptors (Lipinski definition) is 2. The molecular weight excluding hydrogens is 226 g/mol. The van der Waals surface area contributed by atoms with Gasteiger partial charge in [-0.05, 0) is 37.3 Å². The van der Waals surface area contributed by atoms with E-state index in [9.17, 15) is 0 Å². The van der Waals surface area contributed by atoms with Crippen LogP contribution in [0, 0.1) is 5.92 Å². The molecule has 0 aromatic carbocycles. The maximum atomic E-state index is 5.96. The van der Waals surface area contributed by atoms with Gasteiger partial charge in [0, 0.05) is 17.0 Å². The van der Waals surface area contributed by atoms with Crippen LogP contribution in [0.15, 0.2) is 12.1 Å². The van der Waals surface area contributed by atoms with Gasteiger partial charge in [0.15, 0.2) is 0 Å². The van der Waals surface area contributed by atoms with Crippen LogP contribution >= 0.6 is 22.9 Å². The first kappa shape index (κ1) is 11.4. The quantitative estimate of drug-likeness (QED) is 0.834. The summed E-state index contributed by atoms with van der Waals surface area (Å²) in [5, 5.41) is 3.71. The Hall–Kier alpha value is -0.0500. The van der Waals surface area contributed by atoms with E-state index in [1.165, 1.54) is 17.7 Å². The van der Waals surface area contributed by atoms with Gasteiger partial charge in [0.1, 0.15) is 0 Å². The molecular formula is C12H18ClNS.